The van der Waals surface area contributed by atoms with Crippen LogP contribution in [0.25, 0.3) is 0 Å². The second kappa shape index (κ2) is 7.27. The summed E-state index contributed by atoms with van der Waals surface area (Å²) in [7, 11) is 0. The molecule has 1 aromatic rings. The van der Waals surface area contributed by atoms with Gasteiger partial charge in [-0.25, -0.2) is 10.1 Å². The van der Waals surface area contributed by atoms with Gasteiger partial charge >= 0.3 is 5.97 Å². The Kier molecular flexibility index (Phi) is 6.23. The predicted octanol–water partition coefficient (Wildman–Crippen LogP) is 0.320. The van der Waals surface area contributed by atoms with Crippen LogP contribution in [-0.2, 0) is 4.79 Å². The smallest absolute Gasteiger partial charge is 0.317 e. The van der Waals surface area contributed by atoms with Gasteiger partial charge in [0.25, 0.3) is 0 Å². The van der Waals surface area contributed by atoms with Crippen LogP contribution in [0.1, 0.15) is 0 Å². The molecule has 15 heavy (non-hydrogen) atoms. The summed E-state index contributed by atoms with van der Waals surface area (Å²) in [6.07, 6.45) is 0. The molecule has 7 heteroatoms. The van der Waals surface area contributed by atoms with Crippen LogP contribution in [0.3, 0.4) is 0 Å². The van der Waals surface area contributed by atoms with E-state index < -0.39 is 11.0 Å². The molecule has 0 bridgehead atoms. The van der Waals surface area contributed by atoms with E-state index in [9.17, 15) is 14.9 Å². The molecule has 0 unspecified atom stereocenters. The molecule has 0 amide bonds. The molecule has 0 aromatic heterocycles. The molecule has 0 heterocycles. The Morgan fingerprint density at radius 2 is 1.93 bits per heavy atom. The number of nitro groups is 1. The fraction of sp³-hybridized carbons (Fsp3) is 0.125. The molecule has 0 saturated heterocycles. The number of carboxylic acids is 1. The van der Waals surface area contributed by atoms with Crippen molar-refractivity contribution >= 4 is 11.7 Å². The summed E-state index contributed by atoms with van der Waals surface area (Å²) in [4.78, 5) is 19.1. The van der Waals surface area contributed by atoms with E-state index in [2.05, 4.69) is 5.73 Å². The Hall–Kier alpha value is -2.15. The van der Waals surface area contributed by atoms with Crippen molar-refractivity contribution in [3.05, 3.63) is 40.4 Å². The van der Waals surface area contributed by atoms with Gasteiger partial charge in [0, 0.05) is 0 Å². The van der Waals surface area contributed by atoms with E-state index in [4.69, 9.17) is 5.11 Å². The zero-order valence-corrected chi connectivity index (χ0v) is 7.79. The number of carboxylic acid groups (broad SMARTS) is 1. The van der Waals surface area contributed by atoms with Crippen molar-refractivity contribution in [3.8, 4) is 0 Å². The first-order chi connectivity index (χ1) is 7.06. The maximum absolute atomic E-state index is 9.86. The average Bonchev–Trinajstić information content (AvgIpc) is 2.19. The molecule has 4 N–H and O–H groups in total. The van der Waals surface area contributed by atoms with Crippen LogP contribution in [0.2, 0.25) is 0 Å². The molecule has 0 fully saturated rings. The third-order valence-electron chi connectivity index (χ3n) is 1.17. The highest BCUT2D eigenvalue weighted by Crippen LogP contribution is 2.03. The van der Waals surface area contributed by atoms with Crippen LogP contribution in [0.15, 0.2) is 30.3 Å². The van der Waals surface area contributed by atoms with Crippen LogP contribution in [0, 0.1) is 10.1 Å². The van der Waals surface area contributed by atoms with Gasteiger partial charge in [-0.3, -0.25) is 4.79 Å². The minimum absolute atomic E-state index is 0.278. The minimum atomic E-state index is -0.968. The van der Waals surface area contributed by atoms with E-state index in [0.29, 0.717) is 5.69 Å². The molecule has 0 aliphatic carbocycles. The lowest BCUT2D eigenvalue weighted by atomic mass is 10.3. The summed E-state index contributed by atoms with van der Waals surface area (Å²) in [6, 6.07) is 8.51. The molecule has 0 saturated carbocycles. The van der Waals surface area contributed by atoms with E-state index in [1.54, 1.807) is 30.3 Å². The number of nitrogens with zero attached hydrogens (tertiary/aromatic N) is 1. The minimum Gasteiger partial charge on any atom is -0.480 e. The molecule has 1 aromatic carbocycles. The van der Waals surface area contributed by atoms with Gasteiger partial charge in [0.2, 0.25) is 0 Å². The van der Waals surface area contributed by atoms with Gasteiger partial charge in [0.05, 0.1) is 6.54 Å². The number of para-hydroxylation sites is 1. The van der Waals surface area contributed by atoms with Gasteiger partial charge in [-0.2, -0.15) is 0 Å². The Bertz CT molecular complexity index is 315. The number of anilines is 1. The van der Waals surface area contributed by atoms with Crippen LogP contribution in [-0.4, -0.2) is 22.7 Å². The molecule has 82 valence electrons. The monoisotopic (exact) mass is 213 g/mol. The quantitative estimate of drug-likeness (QED) is 0.491. The van der Waals surface area contributed by atoms with Gasteiger partial charge in [-0.15, -0.1) is 5.43 Å². The largest absolute Gasteiger partial charge is 0.480 e. The van der Waals surface area contributed by atoms with E-state index >= 15 is 0 Å². The van der Waals surface area contributed by atoms with Gasteiger partial charge in [-0.05, 0) is 12.1 Å². The molecule has 1 rings (SSSR count). The highest BCUT2D eigenvalue weighted by molar-refractivity contribution is 5.68. The summed E-state index contributed by atoms with van der Waals surface area (Å²) in [5.74, 6) is -0.968. The highest BCUT2D eigenvalue weighted by atomic mass is 16.7. The Morgan fingerprint density at radius 3 is 2.27 bits per heavy atom. The molecular formula is C8H11N3O4. The molecular weight excluding hydrogens is 202 g/mol. The van der Waals surface area contributed by atoms with Crippen LogP contribution in [0.5, 0.6) is 0 Å². The second-order valence-electron chi connectivity index (χ2n) is 2.33. The van der Waals surface area contributed by atoms with Gasteiger partial charge in [0.1, 0.15) is 5.69 Å². The molecule has 0 aliphatic heterocycles. The molecule has 0 spiro atoms. The molecule has 0 radical (unpaired) electrons. The number of benzene rings is 1. The maximum Gasteiger partial charge on any atom is 0.317 e. The SMILES string of the molecule is NCC(=O)O.O=[N+]([O-])Nc1ccccc1. The summed E-state index contributed by atoms with van der Waals surface area (Å²) in [5.41, 5.74) is 7.09. The summed E-state index contributed by atoms with van der Waals surface area (Å²) in [5, 5.41) is 16.9. The normalized spacial score (nSPS) is 8.33. The summed E-state index contributed by atoms with van der Waals surface area (Å²) >= 11 is 0. The fourth-order valence-corrected chi connectivity index (χ4v) is 0.618. The number of carbonyl (C=O) groups is 1. The fourth-order valence-electron chi connectivity index (χ4n) is 0.618. The van der Waals surface area contributed by atoms with Crippen LogP contribution in [0.4, 0.5) is 5.69 Å². The highest BCUT2D eigenvalue weighted by Gasteiger charge is 1.93. The lowest BCUT2D eigenvalue weighted by molar-refractivity contribution is -0.445. The molecule has 0 aliphatic rings. The molecule has 0 atom stereocenters. The van der Waals surface area contributed by atoms with E-state index in [-0.39, 0.29) is 6.54 Å². The van der Waals surface area contributed by atoms with Crippen molar-refractivity contribution in [2.45, 2.75) is 0 Å². The van der Waals surface area contributed by atoms with Crippen LogP contribution >= 0.6 is 0 Å². The third kappa shape index (κ3) is 8.19. The standard InChI is InChI=1S/C6H6N2O2.C2H5NO2/c9-8(10)7-6-4-2-1-3-5-6;3-1-2(4)5/h1-5,7H;1,3H2,(H,4,5). The molecule has 7 nitrogen and oxygen atoms in total. The number of nitrogens with one attached hydrogen (secondary N) is 1. The number of hydrazine groups is 1. The average molecular weight is 213 g/mol. The number of hydrogen-bond donors (Lipinski definition) is 3. The zero-order valence-electron chi connectivity index (χ0n) is 7.79. The van der Waals surface area contributed by atoms with Gasteiger partial charge in [-0.1, -0.05) is 18.2 Å². The first-order valence-electron chi connectivity index (χ1n) is 3.94. The first-order valence-corrected chi connectivity index (χ1v) is 3.94. The zero-order chi connectivity index (χ0) is 11.7. The number of nitrogens with two attached hydrogens (primary N) is 1. The summed E-state index contributed by atoms with van der Waals surface area (Å²) < 4.78 is 0. The number of aliphatic carboxylic acids is 1. The lowest BCUT2D eigenvalue weighted by Gasteiger charge is -1.93. The van der Waals surface area contributed by atoms with Crippen LogP contribution < -0.4 is 11.2 Å². The van der Waals surface area contributed by atoms with Gasteiger partial charge < -0.3 is 10.8 Å². The first kappa shape index (κ1) is 12.8. The third-order valence-corrected chi connectivity index (χ3v) is 1.17. The maximum atomic E-state index is 9.86. The van der Waals surface area contributed by atoms with Crippen molar-refractivity contribution in [1.29, 1.82) is 0 Å². The lowest BCUT2D eigenvalue weighted by Crippen LogP contribution is -2.10. The number of hydrogen-bond acceptors (Lipinski definition) is 4. The predicted molar refractivity (Wildman–Crippen MR) is 53.7 cm³/mol. The van der Waals surface area contributed by atoms with Crippen molar-refractivity contribution in [2.24, 2.45) is 5.73 Å². The van der Waals surface area contributed by atoms with E-state index in [0.717, 1.165) is 0 Å². The van der Waals surface area contributed by atoms with E-state index in [1.807, 2.05) is 5.43 Å². The second-order valence-corrected chi connectivity index (χ2v) is 2.33. The summed E-state index contributed by atoms with van der Waals surface area (Å²) in [6.45, 7) is -0.278. The van der Waals surface area contributed by atoms with E-state index in [1.165, 1.54) is 0 Å². The van der Waals surface area contributed by atoms with Crippen molar-refractivity contribution < 1.29 is 14.9 Å². The van der Waals surface area contributed by atoms with Gasteiger partial charge in [0.15, 0.2) is 5.03 Å². The Balaban J connectivity index is 0.000000336. The number of rotatable bonds is 3. The topological polar surface area (TPSA) is 118 Å². The Morgan fingerprint density at radius 1 is 1.47 bits per heavy atom. The van der Waals surface area contributed by atoms with Crippen molar-refractivity contribution in [3.63, 3.8) is 0 Å². The van der Waals surface area contributed by atoms with Crippen molar-refractivity contribution in [1.82, 2.24) is 0 Å². The van der Waals surface area contributed by atoms with Crippen molar-refractivity contribution in [2.75, 3.05) is 12.0 Å². The Labute approximate surface area is 85.6 Å².